The molecule has 1 aromatic carbocycles. The number of likely N-dealkylation sites (N-methyl/N-ethyl adjacent to an activating group) is 1. The molecule has 1 aromatic rings. The summed E-state index contributed by atoms with van der Waals surface area (Å²) in [6.07, 6.45) is 0. The molecule has 0 atom stereocenters. The van der Waals surface area contributed by atoms with E-state index in [-0.39, 0.29) is 0 Å². The van der Waals surface area contributed by atoms with E-state index in [1.807, 2.05) is 0 Å². The van der Waals surface area contributed by atoms with E-state index in [4.69, 9.17) is 0 Å². The Morgan fingerprint density at radius 2 is 2.00 bits per heavy atom. The largest absolute Gasteiger partial charge is 0.313 e. The van der Waals surface area contributed by atoms with Crippen molar-refractivity contribution in [2.24, 2.45) is 0 Å². The number of hydrogen-bond acceptors (Lipinski definition) is 2. The van der Waals surface area contributed by atoms with Crippen LogP contribution in [-0.4, -0.2) is 31.1 Å². The molecule has 0 spiro atoms. The summed E-state index contributed by atoms with van der Waals surface area (Å²) in [6.45, 7) is 7.40. The number of hydrogen-bond donors (Lipinski definition) is 1. The van der Waals surface area contributed by atoms with E-state index >= 15 is 0 Å². The lowest BCUT2D eigenvalue weighted by molar-refractivity contribution is 0.319. The Bertz CT molecular complexity index is 353. The maximum Gasteiger partial charge on any atom is 0.0242 e. The first kappa shape index (κ1) is 15.2. The molecule has 0 heterocycles. The molecule has 96 valence electrons. The van der Waals surface area contributed by atoms with Crippen LogP contribution < -0.4 is 5.32 Å². The van der Waals surface area contributed by atoms with E-state index in [0.29, 0.717) is 6.04 Å². The van der Waals surface area contributed by atoms with Gasteiger partial charge in [0, 0.05) is 34.6 Å². The monoisotopic (exact) mass is 362 g/mol. The van der Waals surface area contributed by atoms with Crippen molar-refractivity contribution >= 4 is 31.9 Å². The first-order chi connectivity index (χ1) is 7.99. The molecule has 0 amide bonds. The highest BCUT2D eigenvalue weighted by Crippen LogP contribution is 2.22. The second kappa shape index (κ2) is 7.52. The summed E-state index contributed by atoms with van der Waals surface area (Å²) in [5, 5.41) is 3.43. The van der Waals surface area contributed by atoms with Gasteiger partial charge in [0.05, 0.1) is 0 Å². The molecule has 0 aliphatic carbocycles. The zero-order valence-electron chi connectivity index (χ0n) is 10.6. The van der Waals surface area contributed by atoms with Crippen molar-refractivity contribution < 1.29 is 0 Å². The molecule has 0 fully saturated rings. The fourth-order valence-corrected chi connectivity index (χ4v) is 2.74. The number of benzene rings is 1. The highest BCUT2D eigenvalue weighted by molar-refractivity contribution is 9.11. The quantitative estimate of drug-likeness (QED) is 0.829. The molecule has 0 saturated heterocycles. The maximum atomic E-state index is 3.59. The smallest absolute Gasteiger partial charge is 0.0242 e. The van der Waals surface area contributed by atoms with Crippen LogP contribution in [-0.2, 0) is 6.54 Å². The zero-order valence-corrected chi connectivity index (χ0v) is 13.8. The van der Waals surface area contributed by atoms with Crippen LogP contribution in [0.5, 0.6) is 0 Å². The van der Waals surface area contributed by atoms with Gasteiger partial charge in [-0.2, -0.15) is 0 Å². The molecule has 0 aromatic heterocycles. The molecule has 2 nitrogen and oxygen atoms in total. The lowest BCUT2D eigenvalue weighted by Gasteiger charge is -2.19. The van der Waals surface area contributed by atoms with Gasteiger partial charge >= 0.3 is 0 Å². The zero-order chi connectivity index (χ0) is 12.8. The van der Waals surface area contributed by atoms with E-state index < -0.39 is 0 Å². The number of nitrogens with one attached hydrogen (secondary N) is 1. The Labute approximate surface area is 121 Å². The summed E-state index contributed by atoms with van der Waals surface area (Å²) >= 11 is 7.06. The Kier molecular flexibility index (Phi) is 6.70. The van der Waals surface area contributed by atoms with Gasteiger partial charge in [-0.3, -0.25) is 0 Å². The predicted octanol–water partition coefficient (Wildman–Crippen LogP) is 3.64. The molecular weight excluding hydrogens is 344 g/mol. The van der Waals surface area contributed by atoms with Crippen LogP contribution in [0.3, 0.4) is 0 Å². The summed E-state index contributed by atoms with van der Waals surface area (Å²) < 4.78 is 2.27. The standard InChI is InChI=1S/C13H20Br2N2/c1-10(2)16-6-7-17(3)9-11-4-5-12(14)8-13(11)15/h4-5,8,10,16H,6-7,9H2,1-3H3. The lowest BCUT2D eigenvalue weighted by Crippen LogP contribution is -2.32. The Morgan fingerprint density at radius 1 is 1.29 bits per heavy atom. The van der Waals surface area contributed by atoms with Crippen molar-refractivity contribution in [1.82, 2.24) is 10.2 Å². The number of rotatable bonds is 6. The fourth-order valence-electron chi connectivity index (χ4n) is 1.56. The predicted molar refractivity (Wildman–Crippen MR) is 81.3 cm³/mol. The summed E-state index contributed by atoms with van der Waals surface area (Å²) in [6, 6.07) is 6.89. The van der Waals surface area contributed by atoms with Gasteiger partial charge in [0.1, 0.15) is 0 Å². The molecular formula is C13H20Br2N2. The average Bonchev–Trinajstić information content (AvgIpc) is 2.21. The Balaban J connectivity index is 2.42. The molecule has 0 aliphatic heterocycles. The third-order valence-corrected chi connectivity index (χ3v) is 3.73. The molecule has 0 radical (unpaired) electrons. The Morgan fingerprint density at radius 3 is 2.59 bits per heavy atom. The first-order valence-corrected chi connectivity index (χ1v) is 7.43. The summed E-state index contributed by atoms with van der Waals surface area (Å²) in [5.41, 5.74) is 1.32. The molecule has 4 heteroatoms. The molecule has 17 heavy (non-hydrogen) atoms. The minimum atomic E-state index is 0.558. The average molecular weight is 364 g/mol. The topological polar surface area (TPSA) is 15.3 Å². The third-order valence-electron chi connectivity index (χ3n) is 2.50. The van der Waals surface area contributed by atoms with E-state index in [9.17, 15) is 0 Å². The van der Waals surface area contributed by atoms with Crippen molar-refractivity contribution in [1.29, 1.82) is 0 Å². The van der Waals surface area contributed by atoms with Crippen molar-refractivity contribution in [3.8, 4) is 0 Å². The second-order valence-corrected chi connectivity index (χ2v) is 6.35. The van der Waals surface area contributed by atoms with Crippen molar-refractivity contribution in [3.63, 3.8) is 0 Å². The van der Waals surface area contributed by atoms with Gasteiger partial charge < -0.3 is 10.2 Å². The highest BCUT2D eigenvalue weighted by atomic mass is 79.9. The van der Waals surface area contributed by atoms with Crippen molar-refractivity contribution in [2.45, 2.75) is 26.4 Å². The van der Waals surface area contributed by atoms with Gasteiger partial charge in [-0.15, -0.1) is 0 Å². The minimum absolute atomic E-state index is 0.558. The van der Waals surface area contributed by atoms with Crippen LogP contribution in [0.15, 0.2) is 27.1 Å². The van der Waals surface area contributed by atoms with E-state index in [2.05, 4.69) is 81.2 Å². The van der Waals surface area contributed by atoms with Gasteiger partial charge in [0.15, 0.2) is 0 Å². The van der Waals surface area contributed by atoms with E-state index in [1.165, 1.54) is 5.56 Å². The molecule has 0 unspecified atom stereocenters. The molecule has 1 N–H and O–H groups in total. The number of halogens is 2. The summed E-state index contributed by atoms with van der Waals surface area (Å²) in [5.74, 6) is 0. The lowest BCUT2D eigenvalue weighted by atomic mass is 10.2. The first-order valence-electron chi connectivity index (χ1n) is 5.85. The summed E-state index contributed by atoms with van der Waals surface area (Å²) in [7, 11) is 2.15. The molecule has 0 saturated carbocycles. The fraction of sp³-hybridized carbons (Fsp3) is 0.538. The van der Waals surface area contributed by atoms with Crippen LogP contribution in [0.25, 0.3) is 0 Å². The van der Waals surface area contributed by atoms with E-state index in [1.54, 1.807) is 0 Å². The van der Waals surface area contributed by atoms with Gasteiger partial charge in [-0.1, -0.05) is 51.8 Å². The molecule has 0 bridgehead atoms. The van der Waals surface area contributed by atoms with Crippen molar-refractivity contribution in [2.75, 3.05) is 20.1 Å². The van der Waals surface area contributed by atoms with Gasteiger partial charge in [-0.05, 0) is 24.7 Å². The van der Waals surface area contributed by atoms with Crippen LogP contribution in [0, 0.1) is 0 Å². The van der Waals surface area contributed by atoms with Gasteiger partial charge in [0.25, 0.3) is 0 Å². The van der Waals surface area contributed by atoms with Gasteiger partial charge in [-0.25, -0.2) is 0 Å². The molecule has 1 rings (SSSR count). The second-order valence-electron chi connectivity index (χ2n) is 4.58. The van der Waals surface area contributed by atoms with Gasteiger partial charge in [0.2, 0.25) is 0 Å². The highest BCUT2D eigenvalue weighted by Gasteiger charge is 2.04. The Hall–Kier alpha value is 0.1000. The third kappa shape index (κ3) is 6.00. The number of nitrogens with zero attached hydrogens (tertiary/aromatic N) is 1. The molecule has 0 aliphatic rings. The van der Waals surface area contributed by atoms with Crippen molar-refractivity contribution in [3.05, 3.63) is 32.7 Å². The SMILES string of the molecule is CC(C)NCCN(C)Cc1ccc(Br)cc1Br. The van der Waals surface area contributed by atoms with E-state index in [0.717, 1.165) is 28.6 Å². The van der Waals surface area contributed by atoms with Crippen LogP contribution in [0.2, 0.25) is 0 Å². The van der Waals surface area contributed by atoms with Crippen LogP contribution in [0.4, 0.5) is 0 Å². The minimum Gasteiger partial charge on any atom is -0.313 e. The van der Waals surface area contributed by atoms with Crippen LogP contribution in [0.1, 0.15) is 19.4 Å². The maximum absolute atomic E-state index is 3.59. The van der Waals surface area contributed by atoms with Crippen LogP contribution >= 0.6 is 31.9 Å². The normalized spacial score (nSPS) is 11.5. The summed E-state index contributed by atoms with van der Waals surface area (Å²) in [4.78, 5) is 2.32.